The van der Waals surface area contributed by atoms with Crippen LogP contribution >= 0.6 is 0 Å². The van der Waals surface area contributed by atoms with Crippen LogP contribution in [0.2, 0.25) is 0 Å². The molecule has 1 aliphatic heterocycles. The first-order valence-electron chi connectivity index (χ1n) is 8.23. The van der Waals surface area contributed by atoms with Crippen LogP contribution in [0.4, 0.5) is 0 Å². The molecule has 2 aromatic rings. The number of imidazole rings is 1. The Hall–Kier alpha value is -2.18. The van der Waals surface area contributed by atoms with E-state index in [4.69, 9.17) is 4.74 Å². The van der Waals surface area contributed by atoms with E-state index in [2.05, 4.69) is 4.98 Å². The third kappa shape index (κ3) is 4.01. The molecule has 1 aromatic heterocycles. The first-order chi connectivity index (χ1) is 11.7. The summed E-state index contributed by atoms with van der Waals surface area (Å²) in [5, 5.41) is 9.91. The Morgan fingerprint density at radius 2 is 2.17 bits per heavy atom. The molecular weight excluding hydrogens is 306 g/mol. The third-order valence-electron chi connectivity index (χ3n) is 4.40. The fourth-order valence-electron chi connectivity index (χ4n) is 3.09. The summed E-state index contributed by atoms with van der Waals surface area (Å²) >= 11 is 0. The van der Waals surface area contributed by atoms with Crippen LogP contribution in [0.3, 0.4) is 0 Å². The minimum atomic E-state index is -0.718. The Morgan fingerprint density at radius 1 is 1.33 bits per heavy atom. The number of hydrogen-bond donors (Lipinski definition) is 1. The zero-order valence-corrected chi connectivity index (χ0v) is 13.7. The van der Waals surface area contributed by atoms with E-state index in [1.54, 1.807) is 17.4 Å². The highest BCUT2D eigenvalue weighted by Crippen LogP contribution is 2.23. The number of aliphatic hydroxyl groups is 1. The van der Waals surface area contributed by atoms with Crippen molar-refractivity contribution in [3.05, 3.63) is 54.6 Å². The fourth-order valence-corrected chi connectivity index (χ4v) is 3.09. The molecule has 0 saturated carbocycles. The van der Waals surface area contributed by atoms with Gasteiger partial charge >= 0.3 is 0 Å². The maximum atomic E-state index is 12.5. The summed E-state index contributed by atoms with van der Waals surface area (Å²) in [6, 6.07) is 9.93. The van der Waals surface area contributed by atoms with Gasteiger partial charge in [-0.05, 0) is 5.56 Å². The van der Waals surface area contributed by atoms with Gasteiger partial charge in [0.25, 0.3) is 0 Å². The normalized spacial score (nSPS) is 21.0. The van der Waals surface area contributed by atoms with Crippen LogP contribution in [0.25, 0.3) is 0 Å². The van der Waals surface area contributed by atoms with Gasteiger partial charge in [-0.25, -0.2) is 4.98 Å². The van der Waals surface area contributed by atoms with E-state index >= 15 is 0 Å². The summed E-state index contributed by atoms with van der Waals surface area (Å²) in [4.78, 5) is 18.3. The van der Waals surface area contributed by atoms with E-state index in [0.29, 0.717) is 39.1 Å². The molecule has 6 heteroatoms. The topological polar surface area (TPSA) is 67.6 Å². The summed E-state index contributed by atoms with van der Waals surface area (Å²) in [5.41, 5.74) is 0.379. The third-order valence-corrected chi connectivity index (χ3v) is 4.40. The number of carbonyl (C=O) groups is 1. The number of amides is 1. The molecule has 6 nitrogen and oxygen atoms in total. The van der Waals surface area contributed by atoms with E-state index in [1.807, 2.05) is 41.1 Å². The number of morpholine rings is 1. The van der Waals surface area contributed by atoms with Gasteiger partial charge in [-0.1, -0.05) is 30.3 Å². The standard InChI is InChI=1S/C18H23N3O3/c22-14-18(12-16-4-2-1-3-5-16)13-21(10-11-24-18)17(23)6-8-20-9-7-19-15-20/h1-5,7,9,15,22H,6,8,10-14H2. The summed E-state index contributed by atoms with van der Waals surface area (Å²) in [6.45, 7) is 1.94. The van der Waals surface area contributed by atoms with Gasteiger partial charge in [-0.15, -0.1) is 0 Å². The Bertz CT molecular complexity index is 645. The van der Waals surface area contributed by atoms with Crippen molar-refractivity contribution in [2.24, 2.45) is 0 Å². The number of ether oxygens (including phenoxy) is 1. The van der Waals surface area contributed by atoms with Crippen molar-refractivity contribution < 1.29 is 14.6 Å². The van der Waals surface area contributed by atoms with Gasteiger partial charge in [-0.3, -0.25) is 4.79 Å². The van der Waals surface area contributed by atoms with Crippen molar-refractivity contribution in [3.8, 4) is 0 Å². The Labute approximate surface area is 141 Å². The predicted octanol–water partition coefficient (Wildman–Crippen LogP) is 1.11. The molecule has 0 bridgehead atoms. The van der Waals surface area contributed by atoms with Crippen LogP contribution in [0.1, 0.15) is 12.0 Å². The Balaban J connectivity index is 1.62. The molecule has 1 atom stereocenters. The van der Waals surface area contributed by atoms with Gasteiger partial charge in [0.15, 0.2) is 0 Å². The first kappa shape index (κ1) is 16.7. The average Bonchev–Trinajstić information content (AvgIpc) is 3.14. The van der Waals surface area contributed by atoms with E-state index in [-0.39, 0.29) is 12.5 Å². The van der Waals surface area contributed by atoms with Crippen LogP contribution in [-0.4, -0.2) is 57.4 Å². The molecule has 128 valence electrons. The molecular formula is C18H23N3O3. The van der Waals surface area contributed by atoms with E-state index < -0.39 is 5.60 Å². The molecule has 1 amide bonds. The van der Waals surface area contributed by atoms with Crippen LogP contribution in [0, 0.1) is 0 Å². The van der Waals surface area contributed by atoms with Crippen molar-refractivity contribution in [2.45, 2.75) is 25.0 Å². The zero-order valence-electron chi connectivity index (χ0n) is 13.7. The molecule has 1 aromatic carbocycles. The molecule has 1 aliphatic rings. The lowest BCUT2D eigenvalue weighted by Crippen LogP contribution is -2.56. The maximum Gasteiger partial charge on any atom is 0.224 e. The fraction of sp³-hybridized carbons (Fsp3) is 0.444. The van der Waals surface area contributed by atoms with E-state index in [1.165, 1.54) is 0 Å². The first-order valence-corrected chi connectivity index (χ1v) is 8.23. The van der Waals surface area contributed by atoms with Crippen molar-refractivity contribution >= 4 is 5.91 Å². The Morgan fingerprint density at radius 3 is 2.88 bits per heavy atom. The number of benzene rings is 1. The van der Waals surface area contributed by atoms with Gasteiger partial charge < -0.3 is 19.3 Å². The minimum Gasteiger partial charge on any atom is -0.393 e. The average molecular weight is 329 g/mol. The van der Waals surface area contributed by atoms with Gasteiger partial charge in [0.2, 0.25) is 5.91 Å². The minimum absolute atomic E-state index is 0.0814. The van der Waals surface area contributed by atoms with Gasteiger partial charge in [0, 0.05) is 38.3 Å². The van der Waals surface area contributed by atoms with E-state index in [0.717, 1.165) is 5.56 Å². The van der Waals surface area contributed by atoms with Crippen LogP contribution in [-0.2, 0) is 22.5 Å². The molecule has 1 saturated heterocycles. The van der Waals surface area contributed by atoms with Crippen molar-refractivity contribution in [1.29, 1.82) is 0 Å². The molecule has 24 heavy (non-hydrogen) atoms. The molecule has 1 fully saturated rings. The second-order valence-corrected chi connectivity index (χ2v) is 6.22. The molecule has 1 N–H and O–H groups in total. The van der Waals surface area contributed by atoms with E-state index in [9.17, 15) is 9.90 Å². The number of rotatable bonds is 6. The van der Waals surface area contributed by atoms with Crippen molar-refractivity contribution in [1.82, 2.24) is 14.5 Å². The van der Waals surface area contributed by atoms with Crippen molar-refractivity contribution in [2.75, 3.05) is 26.3 Å². The number of aromatic nitrogens is 2. The number of aryl methyl sites for hydroxylation is 1. The highest BCUT2D eigenvalue weighted by molar-refractivity contribution is 5.76. The SMILES string of the molecule is O=C(CCn1ccnc1)N1CCOC(CO)(Cc2ccccc2)C1. The second-order valence-electron chi connectivity index (χ2n) is 6.22. The summed E-state index contributed by atoms with van der Waals surface area (Å²) < 4.78 is 7.78. The lowest BCUT2D eigenvalue weighted by Gasteiger charge is -2.42. The molecule has 0 aliphatic carbocycles. The van der Waals surface area contributed by atoms with Gasteiger partial charge in [0.05, 0.1) is 26.1 Å². The number of nitrogens with zero attached hydrogens (tertiary/aromatic N) is 3. The molecule has 2 heterocycles. The highest BCUT2D eigenvalue weighted by atomic mass is 16.5. The lowest BCUT2D eigenvalue weighted by atomic mass is 9.93. The van der Waals surface area contributed by atoms with Crippen LogP contribution in [0.5, 0.6) is 0 Å². The summed E-state index contributed by atoms with van der Waals surface area (Å²) in [7, 11) is 0. The smallest absolute Gasteiger partial charge is 0.224 e. The largest absolute Gasteiger partial charge is 0.393 e. The molecule has 0 spiro atoms. The lowest BCUT2D eigenvalue weighted by molar-refractivity contribution is -0.158. The Kier molecular flexibility index (Phi) is 5.27. The number of aliphatic hydroxyl groups excluding tert-OH is 1. The van der Waals surface area contributed by atoms with Crippen molar-refractivity contribution in [3.63, 3.8) is 0 Å². The zero-order chi connectivity index (χ0) is 16.8. The predicted molar refractivity (Wildman–Crippen MR) is 89.3 cm³/mol. The molecule has 3 rings (SSSR count). The van der Waals surface area contributed by atoms with Gasteiger partial charge in [-0.2, -0.15) is 0 Å². The second kappa shape index (κ2) is 7.59. The number of hydrogen-bond acceptors (Lipinski definition) is 4. The summed E-state index contributed by atoms with van der Waals surface area (Å²) in [5.74, 6) is 0.0814. The molecule has 0 radical (unpaired) electrons. The highest BCUT2D eigenvalue weighted by Gasteiger charge is 2.37. The van der Waals surface area contributed by atoms with Gasteiger partial charge in [0.1, 0.15) is 5.60 Å². The number of carbonyl (C=O) groups excluding carboxylic acids is 1. The van der Waals surface area contributed by atoms with Crippen LogP contribution < -0.4 is 0 Å². The maximum absolute atomic E-state index is 12.5. The monoisotopic (exact) mass is 329 g/mol. The molecule has 1 unspecified atom stereocenters. The summed E-state index contributed by atoms with van der Waals surface area (Å²) in [6.07, 6.45) is 6.27. The quantitative estimate of drug-likeness (QED) is 0.862. The van der Waals surface area contributed by atoms with Crippen LogP contribution in [0.15, 0.2) is 49.1 Å².